The molecule has 0 aliphatic rings. The topological polar surface area (TPSA) is 3.24 Å². The van der Waals surface area contributed by atoms with Gasteiger partial charge in [0.1, 0.15) is 0 Å². The van der Waals surface area contributed by atoms with Crippen molar-refractivity contribution in [2.45, 2.75) is 0 Å². The highest BCUT2D eigenvalue weighted by Gasteiger charge is 2.17. The summed E-state index contributed by atoms with van der Waals surface area (Å²) in [6, 6.07) is 55.0. The lowest BCUT2D eigenvalue weighted by molar-refractivity contribution is 1.30. The summed E-state index contributed by atoms with van der Waals surface area (Å²) in [5, 5.41) is 7.70. The molecular formula is C38H25NS. The van der Waals surface area contributed by atoms with Crippen LogP contribution in [0.3, 0.4) is 0 Å². The standard InChI is InChI=1S/C38H25NS/c1-2-11-29(12-3-1)39(36-24-28-10-4-5-13-31(28)32-14-6-7-15-33(32)36)30-21-18-26(19-22-30)27-20-23-35-34-16-8-9-17-37(34)40-38(35)25-27/h1-25H. The molecule has 0 N–H and O–H groups in total. The van der Waals surface area contributed by atoms with Crippen LogP contribution >= 0.6 is 11.3 Å². The SMILES string of the molecule is c1ccc(N(c2ccc(-c3ccc4c(c3)sc3ccccc34)cc2)c2cc3ccccc3c3ccccc23)cc1. The Labute approximate surface area is 237 Å². The van der Waals surface area contributed by atoms with Crippen LogP contribution in [0, 0.1) is 0 Å². The Kier molecular flexibility index (Phi) is 5.39. The molecule has 0 fully saturated rings. The van der Waals surface area contributed by atoms with Gasteiger partial charge in [-0.1, -0.05) is 109 Å². The summed E-state index contributed by atoms with van der Waals surface area (Å²) >= 11 is 1.87. The van der Waals surface area contributed by atoms with Gasteiger partial charge in [0.2, 0.25) is 0 Å². The van der Waals surface area contributed by atoms with Gasteiger partial charge in [-0.2, -0.15) is 0 Å². The van der Waals surface area contributed by atoms with Crippen molar-refractivity contribution in [2.24, 2.45) is 0 Å². The van der Waals surface area contributed by atoms with Gasteiger partial charge in [0.05, 0.1) is 5.69 Å². The van der Waals surface area contributed by atoms with Crippen molar-refractivity contribution >= 4 is 70.1 Å². The lowest BCUT2D eigenvalue weighted by atomic mass is 9.98. The summed E-state index contributed by atoms with van der Waals surface area (Å²) in [5.74, 6) is 0. The molecule has 1 heterocycles. The van der Waals surface area contributed by atoms with E-state index < -0.39 is 0 Å². The average Bonchev–Trinajstić information content (AvgIpc) is 3.40. The van der Waals surface area contributed by atoms with Crippen molar-refractivity contribution in [3.63, 3.8) is 0 Å². The smallest absolute Gasteiger partial charge is 0.0546 e. The fourth-order valence-corrected chi connectivity index (χ4v) is 7.08. The first-order valence-corrected chi connectivity index (χ1v) is 14.4. The van der Waals surface area contributed by atoms with E-state index in [0.29, 0.717) is 0 Å². The van der Waals surface area contributed by atoms with E-state index >= 15 is 0 Å². The van der Waals surface area contributed by atoms with Gasteiger partial charge in [-0.3, -0.25) is 0 Å². The third-order valence-corrected chi connectivity index (χ3v) is 8.97. The van der Waals surface area contributed by atoms with E-state index in [-0.39, 0.29) is 0 Å². The Morgan fingerprint density at radius 3 is 1.80 bits per heavy atom. The van der Waals surface area contributed by atoms with Crippen LogP contribution < -0.4 is 4.90 Å². The van der Waals surface area contributed by atoms with Crippen molar-refractivity contribution in [1.82, 2.24) is 0 Å². The van der Waals surface area contributed by atoms with Gasteiger partial charge in [-0.05, 0) is 69.8 Å². The van der Waals surface area contributed by atoms with Crippen molar-refractivity contribution in [3.05, 3.63) is 152 Å². The second kappa shape index (κ2) is 9.37. The minimum Gasteiger partial charge on any atom is -0.310 e. The molecule has 0 atom stereocenters. The second-order valence-electron chi connectivity index (χ2n) is 10.2. The number of rotatable bonds is 4. The van der Waals surface area contributed by atoms with E-state index in [2.05, 4.69) is 157 Å². The lowest BCUT2D eigenvalue weighted by Gasteiger charge is -2.27. The van der Waals surface area contributed by atoms with Gasteiger partial charge in [-0.15, -0.1) is 11.3 Å². The van der Waals surface area contributed by atoms with Crippen molar-refractivity contribution in [2.75, 3.05) is 4.90 Å². The highest BCUT2D eigenvalue weighted by atomic mass is 32.1. The highest BCUT2D eigenvalue weighted by Crippen LogP contribution is 2.42. The molecule has 8 rings (SSSR count). The van der Waals surface area contributed by atoms with Crippen LogP contribution in [0.15, 0.2) is 152 Å². The number of benzene rings is 7. The van der Waals surface area contributed by atoms with Crippen molar-refractivity contribution < 1.29 is 0 Å². The van der Waals surface area contributed by atoms with Crippen molar-refractivity contribution in [3.8, 4) is 11.1 Å². The van der Waals surface area contributed by atoms with E-state index in [4.69, 9.17) is 0 Å². The Balaban J connectivity index is 1.27. The zero-order valence-electron chi connectivity index (χ0n) is 21.8. The minimum atomic E-state index is 1.14. The molecule has 0 bridgehead atoms. The number of hydrogen-bond acceptors (Lipinski definition) is 2. The zero-order valence-corrected chi connectivity index (χ0v) is 22.6. The van der Waals surface area contributed by atoms with Gasteiger partial charge in [-0.25, -0.2) is 0 Å². The van der Waals surface area contributed by atoms with Crippen LogP contribution in [0.25, 0.3) is 52.8 Å². The van der Waals surface area contributed by atoms with Gasteiger partial charge >= 0.3 is 0 Å². The molecule has 0 unspecified atom stereocenters. The third-order valence-electron chi connectivity index (χ3n) is 7.84. The first-order valence-electron chi connectivity index (χ1n) is 13.6. The molecule has 0 spiro atoms. The Bertz CT molecular complexity index is 2160. The Morgan fingerprint density at radius 2 is 0.975 bits per heavy atom. The minimum absolute atomic E-state index is 1.14. The van der Waals surface area contributed by atoms with Crippen LogP contribution in [0.4, 0.5) is 17.1 Å². The summed E-state index contributed by atoms with van der Waals surface area (Å²) in [4.78, 5) is 2.38. The number of hydrogen-bond donors (Lipinski definition) is 0. The number of fused-ring (bicyclic) bond motifs is 6. The van der Waals surface area contributed by atoms with Crippen LogP contribution in [0.1, 0.15) is 0 Å². The molecule has 0 aliphatic heterocycles. The van der Waals surface area contributed by atoms with Gasteiger partial charge < -0.3 is 4.90 Å². The molecule has 40 heavy (non-hydrogen) atoms. The first-order chi connectivity index (χ1) is 19.8. The predicted octanol–water partition coefficient (Wildman–Crippen LogP) is 11.5. The van der Waals surface area contributed by atoms with Crippen molar-refractivity contribution in [1.29, 1.82) is 0 Å². The number of para-hydroxylation sites is 1. The molecule has 0 amide bonds. The zero-order chi connectivity index (χ0) is 26.5. The fourth-order valence-electron chi connectivity index (χ4n) is 5.93. The maximum Gasteiger partial charge on any atom is 0.0546 e. The summed E-state index contributed by atoms with van der Waals surface area (Å²) in [6.07, 6.45) is 0. The van der Waals surface area contributed by atoms with E-state index in [1.54, 1.807) is 0 Å². The Morgan fingerprint density at radius 1 is 0.375 bits per heavy atom. The van der Waals surface area contributed by atoms with E-state index in [9.17, 15) is 0 Å². The first kappa shape index (κ1) is 23.0. The summed E-state index contributed by atoms with van der Waals surface area (Å²) < 4.78 is 2.67. The Hall–Kier alpha value is -4.92. The normalized spacial score (nSPS) is 11.5. The molecule has 0 saturated heterocycles. The largest absolute Gasteiger partial charge is 0.310 e. The maximum atomic E-state index is 2.38. The van der Waals surface area contributed by atoms with Crippen LogP contribution in [-0.2, 0) is 0 Å². The molecule has 2 heteroatoms. The quantitative estimate of drug-likeness (QED) is 0.206. The van der Waals surface area contributed by atoms with Crippen LogP contribution in [0.2, 0.25) is 0 Å². The third kappa shape index (κ3) is 3.77. The number of nitrogens with zero attached hydrogens (tertiary/aromatic N) is 1. The number of anilines is 3. The van der Waals surface area contributed by atoms with Crippen LogP contribution in [-0.4, -0.2) is 0 Å². The van der Waals surface area contributed by atoms with Gasteiger partial charge in [0.25, 0.3) is 0 Å². The van der Waals surface area contributed by atoms with E-state index in [0.717, 1.165) is 11.4 Å². The molecule has 8 aromatic rings. The molecule has 7 aromatic carbocycles. The van der Waals surface area contributed by atoms with E-state index in [1.807, 2.05) is 11.3 Å². The second-order valence-corrected chi connectivity index (χ2v) is 11.3. The molecule has 1 aromatic heterocycles. The average molecular weight is 528 g/mol. The summed E-state index contributed by atoms with van der Waals surface area (Å²) in [7, 11) is 0. The van der Waals surface area contributed by atoms with E-state index in [1.165, 1.54) is 58.5 Å². The highest BCUT2D eigenvalue weighted by molar-refractivity contribution is 7.25. The summed E-state index contributed by atoms with van der Waals surface area (Å²) in [5.41, 5.74) is 5.92. The molecule has 0 aliphatic carbocycles. The summed E-state index contributed by atoms with van der Waals surface area (Å²) in [6.45, 7) is 0. The van der Waals surface area contributed by atoms with Gasteiger partial charge in [0.15, 0.2) is 0 Å². The van der Waals surface area contributed by atoms with Gasteiger partial charge in [0, 0.05) is 36.9 Å². The molecular weight excluding hydrogens is 502 g/mol. The fraction of sp³-hybridized carbons (Fsp3) is 0. The maximum absolute atomic E-state index is 2.38. The molecule has 188 valence electrons. The molecule has 0 radical (unpaired) electrons. The monoisotopic (exact) mass is 527 g/mol. The molecule has 1 nitrogen and oxygen atoms in total. The molecule has 0 saturated carbocycles. The lowest BCUT2D eigenvalue weighted by Crippen LogP contribution is -2.10. The predicted molar refractivity (Wildman–Crippen MR) is 174 cm³/mol. The van der Waals surface area contributed by atoms with Crippen LogP contribution in [0.5, 0.6) is 0 Å². The number of thiophene rings is 1.